The van der Waals surface area contributed by atoms with Crippen molar-refractivity contribution in [3.8, 4) is 0 Å². The van der Waals surface area contributed by atoms with Crippen LogP contribution in [0.15, 0.2) is 48.5 Å². The molecule has 0 heterocycles. The summed E-state index contributed by atoms with van der Waals surface area (Å²) in [6, 6.07) is 17.5. The molecule has 0 aromatic heterocycles. The first kappa shape index (κ1) is 37.1. The van der Waals surface area contributed by atoms with E-state index in [2.05, 4.69) is 45.9 Å². The molecule has 0 saturated carbocycles. The quantitative estimate of drug-likeness (QED) is 0.0555. The third-order valence-electron chi connectivity index (χ3n) is 7.13. The summed E-state index contributed by atoms with van der Waals surface area (Å²) in [5, 5.41) is 3.69. The standard InChI is InChI=1S/C29H55P2.C5H5.Ni/c1-5-9-13-17-24-30(25-18-14-10-6-2)28-22-21-23-29(28)31(26-19-15-11-7-3)27-20-16-12-8-4;1-2-4-5-3-1;/h21-23H,5-20,24-27H2,1-4H3;1-5H;/q-1;-5;. The molecule has 0 aliphatic heterocycles. The van der Waals surface area contributed by atoms with Crippen LogP contribution in [0.25, 0.3) is 0 Å². The molecule has 3 heteroatoms. The van der Waals surface area contributed by atoms with Crippen molar-refractivity contribution in [3.05, 3.63) is 48.5 Å². The van der Waals surface area contributed by atoms with Crippen molar-refractivity contribution in [2.24, 2.45) is 0 Å². The maximum Gasteiger partial charge on any atom is 0 e. The van der Waals surface area contributed by atoms with Gasteiger partial charge in [-0.1, -0.05) is 105 Å². The molecule has 0 bridgehead atoms. The minimum absolute atomic E-state index is 0. The zero-order valence-corrected chi connectivity index (χ0v) is 27.7. The van der Waals surface area contributed by atoms with Gasteiger partial charge < -0.3 is 30.3 Å². The van der Waals surface area contributed by atoms with Gasteiger partial charge in [-0.05, 0) is 50.3 Å². The van der Waals surface area contributed by atoms with Crippen LogP contribution in [0.4, 0.5) is 0 Å². The van der Waals surface area contributed by atoms with Gasteiger partial charge in [-0.15, -0.1) is 26.5 Å². The molecule has 0 unspecified atom stereocenters. The largest absolute Gasteiger partial charge is 0.748 e. The number of unbranched alkanes of at least 4 members (excludes halogenated alkanes) is 12. The molecule has 2 rings (SSSR count). The summed E-state index contributed by atoms with van der Waals surface area (Å²) < 4.78 is 0. The summed E-state index contributed by atoms with van der Waals surface area (Å²) in [5.41, 5.74) is 0. The molecule has 0 aliphatic carbocycles. The van der Waals surface area contributed by atoms with E-state index in [-0.39, 0.29) is 32.3 Å². The van der Waals surface area contributed by atoms with Crippen molar-refractivity contribution < 1.29 is 16.5 Å². The summed E-state index contributed by atoms with van der Waals surface area (Å²) in [6.45, 7) is 9.36. The van der Waals surface area contributed by atoms with Gasteiger partial charge in [0, 0.05) is 16.5 Å². The minimum atomic E-state index is 0. The first-order valence-corrected chi connectivity index (χ1v) is 19.1. The number of hydrogen-bond acceptors (Lipinski definition) is 0. The minimum Gasteiger partial charge on any atom is -0.748 e. The average Bonchev–Trinajstić information content (AvgIpc) is 3.63. The Kier molecular flexibility index (Phi) is 27.7. The molecule has 0 fully saturated rings. The fourth-order valence-corrected chi connectivity index (χ4v) is 11.0. The first-order chi connectivity index (χ1) is 17.8. The fourth-order valence-electron chi connectivity index (χ4n) is 4.88. The zero-order chi connectivity index (χ0) is 26.1. The Morgan fingerprint density at radius 2 is 0.919 bits per heavy atom. The van der Waals surface area contributed by atoms with Crippen LogP contribution in [0, 0.1) is 0 Å². The fraction of sp³-hybridized carbons (Fsp3) is 0.706. The van der Waals surface area contributed by atoms with E-state index < -0.39 is 0 Å². The second kappa shape index (κ2) is 27.6. The van der Waals surface area contributed by atoms with Crippen LogP contribution in [0.3, 0.4) is 0 Å². The molecule has 0 atom stereocenters. The third-order valence-corrected chi connectivity index (χ3v) is 12.9. The molecule has 0 nitrogen and oxygen atoms in total. The van der Waals surface area contributed by atoms with E-state index in [0.717, 1.165) is 0 Å². The molecule has 0 radical (unpaired) electrons. The first-order valence-electron chi connectivity index (χ1n) is 15.7. The average molecular weight is 589 g/mol. The second-order valence-electron chi connectivity index (χ2n) is 10.5. The van der Waals surface area contributed by atoms with Crippen LogP contribution in [-0.2, 0) is 16.5 Å². The predicted octanol–water partition coefficient (Wildman–Crippen LogP) is 11.3. The van der Waals surface area contributed by atoms with E-state index in [0.29, 0.717) is 0 Å². The molecule has 0 spiro atoms. The molecule has 0 N–H and O–H groups in total. The summed E-state index contributed by atoms with van der Waals surface area (Å²) in [7, 11) is 0.135. The molecule has 0 amide bonds. The number of hydrogen-bond donors (Lipinski definition) is 0. The van der Waals surface area contributed by atoms with E-state index >= 15 is 0 Å². The van der Waals surface area contributed by atoms with Gasteiger partial charge in [-0.2, -0.15) is 6.07 Å². The van der Waals surface area contributed by atoms with Crippen molar-refractivity contribution in [1.29, 1.82) is 0 Å². The molecule has 0 saturated heterocycles. The summed E-state index contributed by atoms with van der Waals surface area (Å²) >= 11 is 0. The molecular weight excluding hydrogens is 529 g/mol. The van der Waals surface area contributed by atoms with Gasteiger partial charge in [-0.3, -0.25) is 0 Å². The van der Waals surface area contributed by atoms with Crippen molar-refractivity contribution >= 4 is 26.5 Å². The predicted molar refractivity (Wildman–Crippen MR) is 173 cm³/mol. The van der Waals surface area contributed by atoms with Crippen LogP contribution in [0.5, 0.6) is 0 Å². The van der Waals surface area contributed by atoms with Gasteiger partial charge in [0.1, 0.15) is 0 Å². The normalized spacial score (nSPS) is 11.0. The Morgan fingerprint density at radius 1 is 0.541 bits per heavy atom. The Morgan fingerprint density at radius 3 is 1.30 bits per heavy atom. The molecule has 0 aliphatic rings. The van der Waals surface area contributed by atoms with E-state index in [1.54, 1.807) is 0 Å². The monoisotopic (exact) mass is 588 g/mol. The van der Waals surface area contributed by atoms with Crippen LogP contribution in [0.1, 0.15) is 130 Å². The van der Waals surface area contributed by atoms with Gasteiger partial charge in [0.15, 0.2) is 0 Å². The van der Waals surface area contributed by atoms with E-state index in [1.165, 1.54) is 127 Å². The van der Waals surface area contributed by atoms with Crippen molar-refractivity contribution in [2.45, 2.75) is 130 Å². The van der Waals surface area contributed by atoms with Gasteiger partial charge in [-0.25, -0.2) is 12.1 Å². The van der Waals surface area contributed by atoms with Crippen molar-refractivity contribution in [3.63, 3.8) is 0 Å². The Bertz CT molecular complexity index is 579. The van der Waals surface area contributed by atoms with Crippen molar-refractivity contribution in [1.82, 2.24) is 0 Å². The summed E-state index contributed by atoms with van der Waals surface area (Å²) in [6.07, 6.45) is 28.7. The van der Waals surface area contributed by atoms with Gasteiger partial charge >= 0.3 is 0 Å². The molecule has 37 heavy (non-hydrogen) atoms. The van der Waals surface area contributed by atoms with Crippen LogP contribution in [-0.4, -0.2) is 24.6 Å². The molecular formula is C34H60NiP2-6. The Balaban J connectivity index is 0.00000192. The van der Waals surface area contributed by atoms with Crippen LogP contribution < -0.4 is 10.6 Å². The second-order valence-corrected chi connectivity index (χ2v) is 15.4. The molecule has 2 aromatic carbocycles. The Hall–Kier alpha value is 0.0535. The van der Waals surface area contributed by atoms with Gasteiger partial charge in [0.2, 0.25) is 0 Å². The molecule has 2 aromatic rings. The van der Waals surface area contributed by atoms with Crippen LogP contribution >= 0.6 is 15.8 Å². The SMILES string of the molecule is CCCCCCP(CCCCCC)c1ccc[c-]1P(CCCCCC)CCCCCC.[Ni].[cH-]1[cH-][cH-][cH-][cH-]1. The Labute approximate surface area is 245 Å². The van der Waals surface area contributed by atoms with Crippen LogP contribution in [0.2, 0.25) is 0 Å². The van der Waals surface area contributed by atoms with E-state index in [4.69, 9.17) is 0 Å². The van der Waals surface area contributed by atoms with E-state index in [9.17, 15) is 0 Å². The molecule has 222 valence electrons. The topological polar surface area (TPSA) is 0 Å². The zero-order valence-electron chi connectivity index (χ0n) is 25.0. The smallest absolute Gasteiger partial charge is 0 e. The summed E-state index contributed by atoms with van der Waals surface area (Å²) in [4.78, 5) is 0. The summed E-state index contributed by atoms with van der Waals surface area (Å²) in [5.74, 6) is 0. The van der Waals surface area contributed by atoms with Gasteiger partial charge in [0.25, 0.3) is 0 Å². The van der Waals surface area contributed by atoms with Gasteiger partial charge in [0.05, 0.1) is 0 Å². The maximum absolute atomic E-state index is 2.56. The number of rotatable bonds is 22. The van der Waals surface area contributed by atoms with E-state index in [1.807, 2.05) is 40.9 Å². The third kappa shape index (κ3) is 18.9. The maximum atomic E-state index is 2.56. The van der Waals surface area contributed by atoms with Crippen molar-refractivity contribution in [2.75, 3.05) is 24.6 Å².